The zero-order chi connectivity index (χ0) is 10.8. The summed E-state index contributed by atoms with van der Waals surface area (Å²) in [5.74, 6) is 0. The number of hydrogen-bond donors (Lipinski definition) is 0. The van der Waals surface area contributed by atoms with Gasteiger partial charge in [0.2, 0.25) is 0 Å². The van der Waals surface area contributed by atoms with Crippen LogP contribution in [-0.2, 0) is 20.6 Å². The van der Waals surface area contributed by atoms with Crippen molar-refractivity contribution in [2.75, 3.05) is 40.1 Å². The standard InChI is InChI=1S/C11H18O3S/c1-12-5-6-14-8-7-13-4-2-11-3-9-15-10-11/h3,9-10H,2,4-8H2,1H3. The minimum absolute atomic E-state index is 0.643. The molecule has 0 unspecified atom stereocenters. The first kappa shape index (κ1) is 12.6. The molecule has 1 rings (SSSR count). The summed E-state index contributed by atoms with van der Waals surface area (Å²) in [6.07, 6.45) is 0.988. The molecule has 86 valence electrons. The Labute approximate surface area is 95.0 Å². The number of ether oxygens (including phenoxy) is 3. The third-order valence-electron chi connectivity index (χ3n) is 1.92. The predicted molar refractivity (Wildman–Crippen MR) is 61.5 cm³/mol. The Morgan fingerprint density at radius 2 is 1.80 bits per heavy atom. The number of rotatable bonds is 9. The average Bonchev–Trinajstić information content (AvgIpc) is 2.75. The first-order valence-corrected chi connectivity index (χ1v) is 6.03. The summed E-state index contributed by atoms with van der Waals surface area (Å²) in [6, 6.07) is 2.13. The van der Waals surface area contributed by atoms with Crippen LogP contribution in [0.25, 0.3) is 0 Å². The number of hydrogen-bond acceptors (Lipinski definition) is 4. The molecule has 0 saturated carbocycles. The van der Waals surface area contributed by atoms with E-state index in [1.165, 1.54) is 5.56 Å². The summed E-state index contributed by atoms with van der Waals surface area (Å²) in [7, 11) is 1.67. The smallest absolute Gasteiger partial charge is 0.0701 e. The molecule has 0 N–H and O–H groups in total. The third kappa shape index (κ3) is 6.62. The van der Waals surface area contributed by atoms with E-state index >= 15 is 0 Å². The molecular weight excluding hydrogens is 212 g/mol. The Bertz CT molecular complexity index is 224. The van der Waals surface area contributed by atoms with Crippen LogP contribution in [0.15, 0.2) is 16.8 Å². The topological polar surface area (TPSA) is 27.7 Å². The second kappa shape index (κ2) is 8.85. The number of thiophene rings is 1. The largest absolute Gasteiger partial charge is 0.382 e. The first-order chi connectivity index (χ1) is 7.43. The van der Waals surface area contributed by atoms with Crippen molar-refractivity contribution in [1.82, 2.24) is 0 Å². The fourth-order valence-corrected chi connectivity index (χ4v) is 1.79. The Morgan fingerprint density at radius 1 is 1.07 bits per heavy atom. The Morgan fingerprint density at radius 3 is 2.47 bits per heavy atom. The summed E-state index contributed by atoms with van der Waals surface area (Å²) in [4.78, 5) is 0. The summed E-state index contributed by atoms with van der Waals surface area (Å²) in [5.41, 5.74) is 1.35. The molecule has 0 bridgehead atoms. The Kier molecular flexibility index (Phi) is 7.47. The van der Waals surface area contributed by atoms with E-state index in [0.717, 1.165) is 13.0 Å². The van der Waals surface area contributed by atoms with Crippen molar-refractivity contribution in [2.45, 2.75) is 6.42 Å². The summed E-state index contributed by atoms with van der Waals surface area (Å²) in [5, 5.41) is 4.24. The third-order valence-corrected chi connectivity index (χ3v) is 2.65. The van der Waals surface area contributed by atoms with Gasteiger partial charge in [0.25, 0.3) is 0 Å². The van der Waals surface area contributed by atoms with E-state index in [1.54, 1.807) is 18.4 Å². The fourth-order valence-electron chi connectivity index (χ4n) is 1.09. The molecule has 15 heavy (non-hydrogen) atoms. The van der Waals surface area contributed by atoms with Gasteiger partial charge in [-0.3, -0.25) is 0 Å². The minimum atomic E-state index is 0.643. The van der Waals surface area contributed by atoms with Crippen LogP contribution in [0.1, 0.15) is 5.56 Å². The van der Waals surface area contributed by atoms with Gasteiger partial charge in [-0.1, -0.05) is 0 Å². The van der Waals surface area contributed by atoms with Crippen LogP contribution in [0.2, 0.25) is 0 Å². The van der Waals surface area contributed by atoms with Crippen LogP contribution in [0.4, 0.5) is 0 Å². The van der Waals surface area contributed by atoms with Gasteiger partial charge >= 0.3 is 0 Å². The summed E-state index contributed by atoms with van der Waals surface area (Å²) in [6.45, 7) is 3.37. The highest BCUT2D eigenvalue weighted by molar-refractivity contribution is 7.07. The van der Waals surface area contributed by atoms with E-state index < -0.39 is 0 Å². The van der Waals surface area contributed by atoms with Crippen molar-refractivity contribution in [3.05, 3.63) is 22.4 Å². The molecule has 1 aromatic heterocycles. The highest BCUT2D eigenvalue weighted by atomic mass is 32.1. The van der Waals surface area contributed by atoms with Crippen molar-refractivity contribution in [2.24, 2.45) is 0 Å². The lowest BCUT2D eigenvalue weighted by atomic mass is 10.3. The van der Waals surface area contributed by atoms with Gasteiger partial charge in [-0.05, 0) is 28.8 Å². The predicted octanol–water partition coefficient (Wildman–Crippen LogP) is 1.97. The highest BCUT2D eigenvalue weighted by Gasteiger charge is 1.93. The van der Waals surface area contributed by atoms with Crippen LogP contribution in [0.3, 0.4) is 0 Å². The molecule has 0 amide bonds. The molecule has 0 spiro atoms. The van der Waals surface area contributed by atoms with E-state index in [1.807, 2.05) is 0 Å². The zero-order valence-electron chi connectivity index (χ0n) is 9.11. The molecule has 0 saturated heterocycles. The van der Waals surface area contributed by atoms with Crippen molar-refractivity contribution >= 4 is 11.3 Å². The summed E-state index contributed by atoms with van der Waals surface area (Å²) >= 11 is 1.72. The maximum absolute atomic E-state index is 5.43. The second-order valence-corrected chi connectivity index (χ2v) is 3.88. The Balaban J connectivity index is 1.81. The summed E-state index contributed by atoms with van der Waals surface area (Å²) < 4.78 is 15.5. The van der Waals surface area contributed by atoms with Gasteiger partial charge in [0.1, 0.15) is 0 Å². The Hall–Kier alpha value is -0.420. The van der Waals surface area contributed by atoms with Crippen LogP contribution in [-0.4, -0.2) is 40.1 Å². The van der Waals surface area contributed by atoms with Crippen LogP contribution in [0, 0.1) is 0 Å². The molecule has 0 aliphatic heterocycles. The zero-order valence-corrected chi connectivity index (χ0v) is 9.92. The first-order valence-electron chi connectivity index (χ1n) is 5.09. The van der Waals surface area contributed by atoms with Crippen molar-refractivity contribution < 1.29 is 14.2 Å². The van der Waals surface area contributed by atoms with Crippen molar-refractivity contribution in [3.63, 3.8) is 0 Å². The number of methoxy groups -OCH3 is 1. The van der Waals surface area contributed by atoms with E-state index in [9.17, 15) is 0 Å². The monoisotopic (exact) mass is 230 g/mol. The molecule has 0 aliphatic rings. The lowest BCUT2D eigenvalue weighted by molar-refractivity contribution is 0.0256. The lowest BCUT2D eigenvalue weighted by Crippen LogP contribution is -2.09. The van der Waals surface area contributed by atoms with Crippen LogP contribution in [0.5, 0.6) is 0 Å². The molecule has 0 radical (unpaired) electrons. The van der Waals surface area contributed by atoms with Gasteiger partial charge in [0, 0.05) is 7.11 Å². The van der Waals surface area contributed by atoms with Crippen molar-refractivity contribution in [3.8, 4) is 0 Å². The van der Waals surface area contributed by atoms with Gasteiger partial charge in [0.05, 0.1) is 33.0 Å². The normalized spacial score (nSPS) is 10.7. The quantitative estimate of drug-likeness (QED) is 0.607. The van der Waals surface area contributed by atoms with Gasteiger partial charge in [-0.25, -0.2) is 0 Å². The molecular formula is C11H18O3S. The maximum atomic E-state index is 5.43. The van der Waals surface area contributed by atoms with Crippen LogP contribution >= 0.6 is 11.3 Å². The van der Waals surface area contributed by atoms with Crippen molar-refractivity contribution in [1.29, 1.82) is 0 Å². The SMILES string of the molecule is COCCOCCOCCc1ccsc1. The second-order valence-electron chi connectivity index (χ2n) is 3.10. The van der Waals surface area contributed by atoms with Gasteiger partial charge < -0.3 is 14.2 Å². The minimum Gasteiger partial charge on any atom is -0.382 e. The van der Waals surface area contributed by atoms with Gasteiger partial charge in [-0.15, -0.1) is 0 Å². The van der Waals surface area contributed by atoms with Gasteiger partial charge in [-0.2, -0.15) is 11.3 Å². The molecule has 0 aliphatic carbocycles. The van der Waals surface area contributed by atoms with E-state index in [2.05, 4.69) is 16.8 Å². The van der Waals surface area contributed by atoms with E-state index in [0.29, 0.717) is 26.4 Å². The van der Waals surface area contributed by atoms with E-state index in [4.69, 9.17) is 14.2 Å². The van der Waals surface area contributed by atoms with Gasteiger partial charge in [0.15, 0.2) is 0 Å². The fraction of sp³-hybridized carbons (Fsp3) is 0.636. The molecule has 3 nitrogen and oxygen atoms in total. The van der Waals surface area contributed by atoms with E-state index in [-0.39, 0.29) is 0 Å². The molecule has 4 heteroatoms. The maximum Gasteiger partial charge on any atom is 0.0701 e. The van der Waals surface area contributed by atoms with Crippen LogP contribution < -0.4 is 0 Å². The molecule has 1 aromatic rings. The highest BCUT2D eigenvalue weighted by Crippen LogP contribution is 2.06. The molecule has 0 aromatic carbocycles. The lowest BCUT2D eigenvalue weighted by Gasteiger charge is -2.04. The molecule has 0 fully saturated rings. The molecule has 0 atom stereocenters. The average molecular weight is 230 g/mol. The molecule has 1 heterocycles.